The second kappa shape index (κ2) is 9.33. The SMILES string of the molecule is CSCC1(O)CCN(C(=O)c2ccc(NS(=O)c3cccc4nccnc34)cc2)CC1. The number of benzene rings is 2. The molecule has 0 radical (unpaired) electrons. The molecule has 7 nitrogen and oxygen atoms in total. The van der Waals surface area contributed by atoms with E-state index in [9.17, 15) is 14.1 Å². The molecule has 0 saturated carbocycles. The molecule has 0 aliphatic carbocycles. The summed E-state index contributed by atoms with van der Waals surface area (Å²) in [5, 5.41) is 10.5. The van der Waals surface area contributed by atoms with Crippen molar-refractivity contribution in [3.05, 3.63) is 60.4 Å². The number of rotatable bonds is 6. The van der Waals surface area contributed by atoms with Gasteiger partial charge in [0.05, 0.1) is 16.0 Å². The molecule has 0 spiro atoms. The Labute approximate surface area is 187 Å². The summed E-state index contributed by atoms with van der Waals surface area (Å²) in [4.78, 5) is 23.7. The van der Waals surface area contributed by atoms with E-state index >= 15 is 0 Å². The Hall–Kier alpha value is -2.49. The Balaban J connectivity index is 1.41. The molecule has 3 aromatic rings. The number of carbonyl (C=O) groups is 1. The van der Waals surface area contributed by atoms with E-state index in [1.54, 1.807) is 65.5 Å². The van der Waals surface area contributed by atoms with Gasteiger partial charge >= 0.3 is 0 Å². The number of anilines is 1. The number of nitrogens with one attached hydrogen (secondary N) is 1. The van der Waals surface area contributed by atoms with Crippen molar-refractivity contribution >= 4 is 45.4 Å². The second-order valence-corrected chi connectivity index (χ2v) is 9.63. The summed E-state index contributed by atoms with van der Waals surface area (Å²) in [7, 11) is -1.52. The first kappa shape index (κ1) is 21.7. The van der Waals surface area contributed by atoms with Crippen molar-refractivity contribution in [2.75, 3.05) is 29.8 Å². The van der Waals surface area contributed by atoms with Crippen molar-refractivity contribution in [1.29, 1.82) is 0 Å². The van der Waals surface area contributed by atoms with Crippen molar-refractivity contribution in [2.45, 2.75) is 23.3 Å². The van der Waals surface area contributed by atoms with Crippen LogP contribution >= 0.6 is 11.8 Å². The number of amides is 1. The van der Waals surface area contributed by atoms with Crippen LogP contribution in [0, 0.1) is 0 Å². The van der Waals surface area contributed by atoms with E-state index in [0.29, 0.717) is 58.9 Å². The average Bonchev–Trinajstić information content (AvgIpc) is 2.79. The zero-order chi connectivity index (χ0) is 21.8. The fourth-order valence-corrected chi connectivity index (χ4v) is 5.50. The van der Waals surface area contributed by atoms with Gasteiger partial charge in [0.15, 0.2) is 11.0 Å². The molecule has 9 heteroatoms. The molecule has 1 unspecified atom stereocenters. The normalized spacial score (nSPS) is 16.8. The van der Waals surface area contributed by atoms with Gasteiger partial charge in [0.2, 0.25) is 0 Å². The summed E-state index contributed by atoms with van der Waals surface area (Å²) >= 11 is 1.63. The minimum Gasteiger partial charge on any atom is -0.389 e. The molecule has 162 valence electrons. The Kier molecular flexibility index (Phi) is 6.54. The van der Waals surface area contributed by atoms with E-state index in [1.807, 2.05) is 12.3 Å². The third-order valence-electron chi connectivity index (χ3n) is 5.40. The minimum atomic E-state index is -1.52. The Morgan fingerprint density at radius 3 is 2.58 bits per heavy atom. The number of fused-ring (bicyclic) bond motifs is 1. The third kappa shape index (κ3) is 4.89. The van der Waals surface area contributed by atoms with Crippen LogP contribution in [-0.2, 0) is 11.0 Å². The molecule has 0 bridgehead atoms. The summed E-state index contributed by atoms with van der Waals surface area (Å²) in [6.07, 6.45) is 6.33. The lowest BCUT2D eigenvalue weighted by atomic mass is 9.93. The molecule has 1 amide bonds. The quantitative estimate of drug-likeness (QED) is 0.592. The van der Waals surface area contributed by atoms with Crippen LogP contribution in [0.5, 0.6) is 0 Å². The van der Waals surface area contributed by atoms with Gasteiger partial charge in [-0.05, 0) is 55.5 Å². The smallest absolute Gasteiger partial charge is 0.253 e. The zero-order valence-corrected chi connectivity index (χ0v) is 18.8. The van der Waals surface area contributed by atoms with Crippen molar-refractivity contribution in [3.8, 4) is 0 Å². The number of hydrogen-bond donors (Lipinski definition) is 2. The maximum atomic E-state index is 12.8. The highest BCUT2D eigenvalue weighted by Crippen LogP contribution is 2.26. The highest BCUT2D eigenvalue weighted by molar-refractivity contribution is 7.98. The van der Waals surface area contributed by atoms with Crippen molar-refractivity contribution < 1.29 is 14.1 Å². The fraction of sp³-hybridized carbons (Fsp3) is 0.318. The van der Waals surface area contributed by atoms with E-state index in [2.05, 4.69) is 14.7 Å². The van der Waals surface area contributed by atoms with Crippen molar-refractivity contribution in [1.82, 2.24) is 14.9 Å². The van der Waals surface area contributed by atoms with Gasteiger partial charge < -0.3 is 14.7 Å². The standard InChI is InChI=1S/C22H24N4O3S2/c1-30-15-22(28)9-13-26(14-10-22)21(27)16-5-7-17(8-6-16)25-31(29)19-4-2-3-18-20(19)24-12-11-23-18/h2-8,11-12,25,28H,9-10,13-15H2,1H3. The summed E-state index contributed by atoms with van der Waals surface area (Å²) in [6.45, 7) is 1.09. The predicted molar refractivity (Wildman–Crippen MR) is 124 cm³/mol. The topological polar surface area (TPSA) is 95.4 Å². The van der Waals surface area contributed by atoms with Crippen LogP contribution in [0.3, 0.4) is 0 Å². The summed E-state index contributed by atoms with van der Waals surface area (Å²) in [5.41, 5.74) is 1.81. The number of para-hydroxylation sites is 1. The van der Waals surface area contributed by atoms with Crippen molar-refractivity contribution in [2.24, 2.45) is 0 Å². The molecule has 2 heterocycles. The van der Waals surface area contributed by atoms with E-state index in [4.69, 9.17) is 0 Å². The molecule has 1 aliphatic heterocycles. The molecule has 1 aliphatic rings. The number of thioether (sulfide) groups is 1. The van der Waals surface area contributed by atoms with Gasteiger partial charge in [-0.15, -0.1) is 0 Å². The minimum absolute atomic E-state index is 0.0526. The lowest BCUT2D eigenvalue weighted by molar-refractivity contribution is 0.00167. The van der Waals surface area contributed by atoms with Gasteiger partial charge in [0, 0.05) is 42.5 Å². The highest BCUT2D eigenvalue weighted by atomic mass is 32.2. The molecular formula is C22H24N4O3S2. The van der Waals surface area contributed by atoms with E-state index in [-0.39, 0.29) is 5.91 Å². The number of carbonyl (C=O) groups excluding carboxylic acids is 1. The first-order chi connectivity index (χ1) is 15.0. The number of nitrogens with zero attached hydrogens (tertiary/aromatic N) is 3. The van der Waals surface area contributed by atoms with Gasteiger partial charge in [0.1, 0.15) is 5.52 Å². The molecule has 1 saturated heterocycles. The predicted octanol–water partition coefficient (Wildman–Crippen LogP) is 3.09. The highest BCUT2D eigenvalue weighted by Gasteiger charge is 2.33. The average molecular weight is 457 g/mol. The van der Waals surface area contributed by atoms with Gasteiger partial charge in [-0.25, -0.2) is 4.21 Å². The Morgan fingerprint density at radius 2 is 1.87 bits per heavy atom. The molecule has 31 heavy (non-hydrogen) atoms. The van der Waals surface area contributed by atoms with E-state index in [0.717, 1.165) is 0 Å². The van der Waals surface area contributed by atoms with Crippen LogP contribution in [-0.4, -0.2) is 60.8 Å². The van der Waals surface area contributed by atoms with Gasteiger partial charge in [0.25, 0.3) is 5.91 Å². The molecule has 4 rings (SSSR count). The maximum Gasteiger partial charge on any atom is 0.253 e. The summed E-state index contributed by atoms with van der Waals surface area (Å²) in [5.74, 6) is 0.637. The number of aromatic nitrogens is 2. The third-order valence-corrected chi connectivity index (χ3v) is 7.37. The van der Waals surface area contributed by atoms with Crippen LogP contribution in [0.2, 0.25) is 0 Å². The van der Waals surface area contributed by atoms with Gasteiger partial charge in [-0.1, -0.05) is 6.07 Å². The molecule has 1 aromatic heterocycles. The van der Waals surface area contributed by atoms with E-state index < -0.39 is 16.6 Å². The second-order valence-electron chi connectivity index (χ2n) is 7.58. The van der Waals surface area contributed by atoms with Crippen molar-refractivity contribution in [3.63, 3.8) is 0 Å². The lowest BCUT2D eigenvalue weighted by Crippen LogP contribution is -2.47. The molecule has 2 aromatic carbocycles. The summed E-state index contributed by atoms with van der Waals surface area (Å²) in [6, 6.07) is 12.3. The fourth-order valence-electron chi connectivity index (χ4n) is 3.68. The van der Waals surface area contributed by atoms with Crippen LogP contribution in [0.1, 0.15) is 23.2 Å². The maximum absolute atomic E-state index is 12.8. The lowest BCUT2D eigenvalue weighted by Gasteiger charge is -2.37. The number of aliphatic hydroxyl groups is 1. The zero-order valence-electron chi connectivity index (χ0n) is 17.2. The first-order valence-corrected chi connectivity index (χ1v) is 12.5. The monoisotopic (exact) mass is 456 g/mol. The van der Waals surface area contributed by atoms with Gasteiger partial charge in [-0.3, -0.25) is 14.8 Å². The first-order valence-electron chi connectivity index (χ1n) is 9.98. The van der Waals surface area contributed by atoms with Crippen LogP contribution in [0.15, 0.2) is 59.8 Å². The largest absolute Gasteiger partial charge is 0.389 e. The van der Waals surface area contributed by atoms with Crippen LogP contribution in [0.4, 0.5) is 5.69 Å². The van der Waals surface area contributed by atoms with Crippen LogP contribution < -0.4 is 4.72 Å². The Bertz CT molecular complexity index is 1090. The molecule has 1 fully saturated rings. The molecular weight excluding hydrogens is 432 g/mol. The number of likely N-dealkylation sites (tertiary alicyclic amines) is 1. The summed E-state index contributed by atoms with van der Waals surface area (Å²) < 4.78 is 15.8. The van der Waals surface area contributed by atoms with Gasteiger partial charge in [-0.2, -0.15) is 11.8 Å². The molecule has 1 atom stereocenters. The van der Waals surface area contributed by atoms with Crippen LogP contribution in [0.25, 0.3) is 11.0 Å². The number of hydrogen-bond acceptors (Lipinski definition) is 6. The molecule has 2 N–H and O–H groups in total. The number of piperidine rings is 1. The Morgan fingerprint density at radius 1 is 1.16 bits per heavy atom. The van der Waals surface area contributed by atoms with E-state index in [1.165, 1.54) is 0 Å².